The number of carbonyl (C=O) groups excluding carboxylic acids is 1. The molecule has 1 aliphatic carbocycles. The molecule has 0 unspecified atom stereocenters. The first-order chi connectivity index (χ1) is 5.79. The molecule has 3 heteroatoms. The van der Waals surface area contributed by atoms with Gasteiger partial charge >= 0.3 is 0 Å². The van der Waals surface area contributed by atoms with E-state index in [1.165, 1.54) is 12.8 Å². The van der Waals surface area contributed by atoms with E-state index in [0.717, 1.165) is 24.5 Å². The molecule has 0 N–H and O–H groups in total. The predicted octanol–water partition coefficient (Wildman–Crippen LogP) is 1.75. The van der Waals surface area contributed by atoms with E-state index >= 15 is 0 Å². The molecule has 0 aromatic carbocycles. The Balaban J connectivity index is 2.15. The summed E-state index contributed by atoms with van der Waals surface area (Å²) in [6, 6.07) is 0. The highest BCUT2D eigenvalue weighted by molar-refractivity contribution is 5.71. The van der Waals surface area contributed by atoms with E-state index in [-0.39, 0.29) is 0 Å². The van der Waals surface area contributed by atoms with E-state index in [1.54, 1.807) is 6.92 Å². The fourth-order valence-electron chi connectivity index (χ4n) is 1.23. The average molecular weight is 165 g/mol. The summed E-state index contributed by atoms with van der Waals surface area (Å²) in [7, 11) is 0. The number of carbonyl (C=O) groups is 1. The van der Waals surface area contributed by atoms with Crippen molar-refractivity contribution >= 4 is 6.29 Å². The molecule has 1 fully saturated rings. The van der Waals surface area contributed by atoms with Crippen LogP contribution in [0, 0.1) is 12.8 Å². The second kappa shape index (κ2) is 2.73. The van der Waals surface area contributed by atoms with Crippen molar-refractivity contribution in [3.05, 3.63) is 17.3 Å². The van der Waals surface area contributed by atoms with Crippen LogP contribution in [0.4, 0.5) is 0 Å². The molecular weight excluding hydrogens is 154 g/mol. The summed E-state index contributed by atoms with van der Waals surface area (Å²) in [6.07, 6.45) is 4.17. The highest BCUT2D eigenvalue weighted by Crippen LogP contribution is 2.32. The topological polar surface area (TPSA) is 43.1 Å². The molecule has 0 spiro atoms. The summed E-state index contributed by atoms with van der Waals surface area (Å²) < 4.78 is 5.24. The van der Waals surface area contributed by atoms with Crippen LogP contribution in [0.5, 0.6) is 0 Å². The molecule has 64 valence electrons. The van der Waals surface area contributed by atoms with E-state index in [9.17, 15) is 4.79 Å². The zero-order valence-corrected chi connectivity index (χ0v) is 7.04. The van der Waals surface area contributed by atoms with Crippen molar-refractivity contribution < 1.29 is 9.21 Å². The fraction of sp³-hybridized carbons (Fsp3) is 0.556. The number of hydrogen-bond acceptors (Lipinski definition) is 3. The van der Waals surface area contributed by atoms with Gasteiger partial charge in [0.15, 0.2) is 17.9 Å². The molecule has 0 bridgehead atoms. The van der Waals surface area contributed by atoms with Crippen LogP contribution >= 0.6 is 0 Å². The zero-order valence-electron chi connectivity index (χ0n) is 7.04. The molecule has 0 radical (unpaired) electrons. The highest BCUT2D eigenvalue weighted by Gasteiger charge is 2.24. The van der Waals surface area contributed by atoms with Gasteiger partial charge in [0.2, 0.25) is 0 Å². The van der Waals surface area contributed by atoms with Gasteiger partial charge in [-0.2, -0.15) is 0 Å². The molecule has 1 aliphatic rings. The Morgan fingerprint density at radius 2 is 2.42 bits per heavy atom. The predicted molar refractivity (Wildman–Crippen MR) is 43.1 cm³/mol. The molecule has 3 nitrogen and oxygen atoms in total. The average Bonchev–Trinajstić information content (AvgIpc) is 2.76. The van der Waals surface area contributed by atoms with E-state index in [1.807, 2.05) is 0 Å². The number of rotatable bonds is 3. The lowest BCUT2D eigenvalue weighted by Crippen LogP contribution is -1.85. The minimum Gasteiger partial charge on any atom is -0.438 e. The van der Waals surface area contributed by atoms with Crippen molar-refractivity contribution in [2.75, 3.05) is 0 Å². The van der Waals surface area contributed by atoms with Crippen molar-refractivity contribution in [1.29, 1.82) is 0 Å². The quantitative estimate of drug-likeness (QED) is 0.641. The number of nitrogens with zero attached hydrogens (tertiary/aromatic N) is 1. The van der Waals surface area contributed by atoms with E-state index in [4.69, 9.17) is 4.42 Å². The summed E-state index contributed by atoms with van der Waals surface area (Å²) in [5.41, 5.74) is 0.709. The lowest BCUT2D eigenvalue weighted by atomic mass is 10.3. The molecule has 1 aromatic heterocycles. The minimum absolute atomic E-state index is 0.380. The molecule has 12 heavy (non-hydrogen) atoms. The van der Waals surface area contributed by atoms with Gasteiger partial charge in [-0.3, -0.25) is 4.79 Å². The number of oxazole rings is 1. The minimum atomic E-state index is 0.380. The molecule has 0 amide bonds. The Labute approximate surface area is 70.8 Å². The number of aryl methyl sites for hydroxylation is 1. The number of aromatic nitrogens is 1. The van der Waals surface area contributed by atoms with E-state index < -0.39 is 0 Å². The molecule has 1 saturated carbocycles. The number of hydrogen-bond donors (Lipinski definition) is 0. The van der Waals surface area contributed by atoms with Crippen molar-refractivity contribution in [2.45, 2.75) is 26.2 Å². The van der Waals surface area contributed by atoms with E-state index in [0.29, 0.717) is 11.5 Å². The second-order valence-electron chi connectivity index (χ2n) is 3.32. The van der Waals surface area contributed by atoms with Gasteiger partial charge in [0.25, 0.3) is 0 Å². The Bertz CT molecular complexity index is 299. The molecule has 1 heterocycles. The summed E-state index contributed by atoms with van der Waals surface area (Å²) in [5.74, 6) is 1.85. The summed E-state index contributed by atoms with van der Waals surface area (Å²) >= 11 is 0. The van der Waals surface area contributed by atoms with Gasteiger partial charge in [-0.05, 0) is 25.7 Å². The third kappa shape index (κ3) is 1.40. The van der Waals surface area contributed by atoms with Crippen molar-refractivity contribution in [2.24, 2.45) is 5.92 Å². The smallest absolute Gasteiger partial charge is 0.195 e. The first kappa shape index (κ1) is 7.53. The van der Waals surface area contributed by atoms with Crippen LogP contribution in [0.2, 0.25) is 0 Å². The van der Waals surface area contributed by atoms with Crippen LogP contribution in [0.3, 0.4) is 0 Å². The maximum absolute atomic E-state index is 10.4. The molecule has 1 aromatic rings. The Morgan fingerprint density at radius 3 is 2.92 bits per heavy atom. The van der Waals surface area contributed by atoms with Gasteiger partial charge in [-0.15, -0.1) is 0 Å². The van der Waals surface area contributed by atoms with Gasteiger partial charge in [-0.25, -0.2) is 4.98 Å². The van der Waals surface area contributed by atoms with Crippen molar-refractivity contribution in [3.8, 4) is 0 Å². The van der Waals surface area contributed by atoms with Crippen molar-refractivity contribution in [1.82, 2.24) is 4.98 Å². The van der Waals surface area contributed by atoms with Crippen LogP contribution in [0.1, 0.15) is 35.0 Å². The monoisotopic (exact) mass is 165 g/mol. The summed E-state index contributed by atoms with van der Waals surface area (Å²) in [4.78, 5) is 14.6. The van der Waals surface area contributed by atoms with Gasteiger partial charge in [0, 0.05) is 6.42 Å². The third-order valence-corrected chi connectivity index (χ3v) is 2.14. The third-order valence-electron chi connectivity index (χ3n) is 2.14. The largest absolute Gasteiger partial charge is 0.438 e. The number of aldehydes is 1. The SMILES string of the molecule is Cc1nc(CC2CC2)oc1C=O. The molecule has 0 aliphatic heterocycles. The lowest BCUT2D eigenvalue weighted by molar-refractivity contribution is 0.109. The standard InChI is InChI=1S/C9H11NO2/c1-6-8(5-11)12-9(10-6)4-7-2-3-7/h5,7H,2-4H2,1H3. The maximum atomic E-state index is 10.4. The van der Waals surface area contributed by atoms with Crippen LogP contribution in [-0.2, 0) is 6.42 Å². The zero-order chi connectivity index (χ0) is 8.55. The Hall–Kier alpha value is -1.12. The first-order valence-corrected chi connectivity index (χ1v) is 4.21. The van der Waals surface area contributed by atoms with Crippen molar-refractivity contribution in [3.63, 3.8) is 0 Å². The molecule has 0 saturated heterocycles. The van der Waals surface area contributed by atoms with Gasteiger partial charge in [0.05, 0.1) is 5.69 Å². The van der Waals surface area contributed by atoms with Crippen LogP contribution < -0.4 is 0 Å². The highest BCUT2D eigenvalue weighted by atomic mass is 16.4. The van der Waals surface area contributed by atoms with Crippen LogP contribution in [0.25, 0.3) is 0 Å². The van der Waals surface area contributed by atoms with Gasteiger partial charge in [0.1, 0.15) is 0 Å². The summed E-state index contributed by atoms with van der Waals surface area (Å²) in [6.45, 7) is 1.80. The molecular formula is C9H11NO2. The fourth-order valence-corrected chi connectivity index (χ4v) is 1.23. The van der Waals surface area contributed by atoms with Crippen LogP contribution in [0.15, 0.2) is 4.42 Å². The van der Waals surface area contributed by atoms with Gasteiger partial charge in [-0.1, -0.05) is 0 Å². The second-order valence-corrected chi connectivity index (χ2v) is 3.32. The maximum Gasteiger partial charge on any atom is 0.195 e. The summed E-state index contributed by atoms with van der Waals surface area (Å²) in [5, 5.41) is 0. The molecule has 2 rings (SSSR count). The lowest BCUT2D eigenvalue weighted by Gasteiger charge is -1.87. The Morgan fingerprint density at radius 1 is 1.67 bits per heavy atom. The Kier molecular flexibility index (Phi) is 1.71. The van der Waals surface area contributed by atoms with Crippen LogP contribution in [-0.4, -0.2) is 11.3 Å². The normalized spacial score (nSPS) is 16.4. The first-order valence-electron chi connectivity index (χ1n) is 4.21. The van der Waals surface area contributed by atoms with Gasteiger partial charge < -0.3 is 4.42 Å². The molecule has 0 atom stereocenters. The van der Waals surface area contributed by atoms with E-state index in [2.05, 4.69) is 4.98 Å².